The van der Waals surface area contributed by atoms with Crippen molar-refractivity contribution in [2.24, 2.45) is 0 Å². The minimum atomic E-state index is -0.00486. The van der Waals surface area contributed by atoms with Crippen molar-refractivity contribution in [2.45, 2.75) is 71.9 Å². The monoisotopic (exact) mass is 371 g/mol. The molecule has 4 unspecified atom stereocenters. The predicted molar refractivity (Wildman–Crippen MR) is 107 cm³/mol. The number of nitrogen functional groups attached to an aromatic ring is 1. The standard InChI is InChI=1S/C12H18N5OPS.2C2H6/c1-7(19-20)4-8-2-3-9(18-8)17-6-16-10-11(13)14-5-15-12(10)17;2*1-2/h5-9,19-20H,2-4H2,1H3,(H2,13,14,15);2*1-2H3. The van der Waals surface area contributed by atoms with Gasteiger partial charge in [0, 0.05) is 0 Å². The number of imidazole rings is 1. The summed E-state index contributed by atoms with van der Waals surface area (Å²) in [6, 6.07) is 0. The van der Waals surface area contributed by atoms with Crippen LogP contribution in [0.15, 0.2) is 12.7 Å². The Bertz CT molecular complexity index is 609. The molecule has 8 heteroatoms. The molecule has 2 aromatic rings. The molecule has 3 rings (SSSR count). The Morgan fingerprint density at radius 3 is 2.67 bits per heavy atom. The number of rotatable bonds is 4. The summed E-state index contributed by atoms with van der Waals surface area (Å²) in [7, 11) is 0.664. The molecule has 136 valence electrons. The number of thiol groups is 1. The van der Waals surface area contributed by atoms with Gasteiger partial charge >= 0.3 is 0 Å². The summed E-state index contributed by atoms with van der Waals surface area (Å²) in [6.07, 6.45) is 6.60. The fraction of sp³-hybridized carbons (Fsp3) is 0.688. The summed E-state index contributed by atoms with van der Waals surface area (Å²) in [5, 5.41) is 0. The van der Waals surface area contributed by atoms with Crippen molar-refractivity contribution in [3.05, 3.63) is 12.7 Å². The predicted octanol–water partition coefficient (Wildman–Crippen LogP) is 4.44. The molecular weight excluding hydrogens is 341 g/mol. The van der Waals surface area contributed by atoms with Gasteiger partial charge in [-0.3, -0.25) is 4.57 Å². The topological polar surface area (TPSA) is 78.9 Å². The van der Waals surface area contributed by atoms with E-state index >= 15 is 0 Å². The molecule has 4 atom stereocenters. The number of fused-ring (bicyclic) bond motifs is 1. The maximum atomic E-state index is 6.12. The summed E-state index contributed by atoms with van der Waals surface area (Å²) < 4.78 is 8.08. The van der Waals surface area contributed by atoms with E-state index in [1.165, 1.54) is 6.33 Å². The molecule has 24 heavy (non-hydrogen) atoms. The first-order chi connectivity index (χ1) is 11.7. The smallest absolute Gasteiger partial charge is 0.167 e. The van der Waals surface area contributed by atoms with E-state index in [1.807, 2.05) is 32.3 Å². The van der Waals surface area contributed by atoms with E-state index in [1.54, 1.807) is 6.33 Å². The number of hydrogen-bond donors (Lipinski definition) is 2. The minimum Gasteiger partial charge on any atom is -0.382 e. The average molecular weight is 371 g/mol. The van der Waals surface area contributed by atoms with Gasteiger partial charge in [-0.05, 0) is 24.9 Å². The Kier molecular flexibility index (Phi) is 9.56. The van der Waals surface area contributed by atoms with Crippen molar-refractivity contribution in [2.75, 3.05) is 5.73 Å². The summed E-state index contributed by atoms with van der Waals surface area (Å²) in [5.74, 6) is 0.410. The zero-order valence-electron chi connectivity index (χ0n) is 15.2. The van der Waals surface area contributed by atoms with Gasteiger partial charge in [0.2, 0.25) is 0 Å². The van der Waals surface area contributed by atoms with E-state index in [9.17, 15) is 0 Å². The van der Waals surface area contributed by atoms with Crippen LogP contribution >= 0.6 is 20.0 Å². The minimum absolute atomic E-state index is 0.00486. The largest absolute Gasteiger partial charge is 0.382 e. The summed E-state index contributed by atoms with van der Waals surface area (Å²) in [5.41, 5.74) is 7.79. The summed E-state index contributed by atoms with van der Waals surface area (Å²) in [4.78, 5) is 12.5. The normalized spacial score (nSPS) is 21.2. The lowest BCUT2D eigenvalue weighted by molar-refractivity contribution is 0.00106. The molecule has 0 saturated carbocycles. The SMILES string of the molecule is CC.CC.CC(CC1CCC(n2cnc3c(N)ncnc32)O1)PS. The average Bonchev–Trinajstić information content (AvgIpc) is 3.25. The van der Waals surface area contributed by atoms with Crippen LogP contribution in [0.3, 0.4) is 0 Å². The highest BCUT2D eigenvalue weighted by atomic mass is 32.7. The maximum absolute atomic E-state index is 6.12. The van der Waals surface area contributed by atoms with Crippen LogP contribution in [-0.4, -0.2) is 31.3 Å². The van der Waals surface area contributed by atoms with E-state index in [2.05, 4.69) is 34.1 Å². The van der Waals surface area contributed by atoms with Gasteiger partial charge in [0.25, 0.3) is 0 Å². The summed E-state index contributed by atoms with van der Waals surface area (Å²) >= 11 is 4.36. The van der Waals surface area contributed by atoms with Crippen LogP contribution in [0, 0.1) is 0 Å². The van der Waals surface area contributed by atoms with Crippen LogP contribution in [-0.2, 0) is 4.74 Å². The number of ether oxygens (including phenoxy) is 1. The molecule has 1 aliphatic rings. The third kappa shape index (κ3) is 5.04. The fourth-order valence-electron chi connectivity index (χ4n) is 2.59. The van der Waals surface area contributed by atoms with Gasteiger partial charge in [-0.1, -0.05) is 42.4 Å². The van der Waals surface area contributed by atoms with E-state index in [4.69, 9.17) is 10.5 Å². The van der Waals surface area contributed by atoms with Crippen molar-refractivity contribution >= 4 is 37.0 Å². The van der Waals surface area contributed by atoms with Gasteiger partial charge in [0.1, 0.15) is 18.1 Å². The first-order valence-corrected chi connectivity index (χ1v) is 11.0. The van der Waals surface area contributed by atoms with E-state index in [0.717, 1.165) is 24.9 Å². The number of hydrogen-bond acceptors (Lipinski definition) is 6. The third-order valence-electron chi connectivity index (χ3n) is 3.62. The van der Waals surface area contributed by atoms with Crippen molar-refractivity contribution in [3.8, 4) is 0 Å². The Morgan fingerprint density at radius 2 is 2.00 bits per heavy atom. The van der Waals surface area contributed by atoms with Crippen LogP contribution in [0.5, 0.6) is 0 Å². The number of anilines is 1. The van der Waals surface area contributed by atoms with Gasteiger partial charge in [0.15, 0.2) is 11.5 Å². The molecular formula is C16H30N5OPS. The van der Waals surface area contributed by atoms with Crippen LogP contribution < -0.4 is 5.73 Å². The first kappa shape index (κ1) is 21.1. The Labute approximate surface area is 151 Å². The second kappa shape index (κ2) is 10.9. The highest BCUT2D eigenvalue weighted by Crippen LogP contribution is 2.36. The summed E-state index contributed by atoms with van der Waals surface area (Å²) in [6.45, 7) is 10.2. The highest BCUT2D eigenvalue weighted by molar-refractivity contribution is 8.38. The molecule has 1 fully saturated rings. The van der Waals surface area contributed by atoms with E-state index in [0.29, 0.717) is 30.9 Å². The van der Waals surface area contributed by atoms with Gasteiger partial charge in [-0.25, -0.2) is 15.0 Å². The quantitative estimate of drug-likeness (QED) is 0.613. The molecule has 2 aromatic heterocycles. The lowest BCUT2D eigenvalue weighted by Crippen LogP contribution is -2.14. The van der Waals surface area contributed by atoms with E-state index in [-0.39, 0.29) is 6.23 Å². The second-order valence-corrected chi connectivity index (χ2v) is 7.16. The van der Waals surface area contributed by atoms with Gasteiger partial charge in [0.05, 0.1) is 12.4 Å². The van der Waals surface area contributed by atoms with Crippen molar-refractivity contribution in [3.63, 3.8) is 0 Å². The van der Waals surface area contributed by atoms with Gasteiger partial charge < -0.3 is 10.5 Å². The van der Waals surface area contributed by atoms with Crippen LogP contribution in [0.1, 0.15) is 60.1 Å². The maximum Gasteiger partial charge on any atom is 0.167 e. The van der Waals surface area contributed by atoms with Crippen molar-refractivity contribution in [1.82, 2.24) is 19.5 Å². The Hall–Kier alpha value is -0.910. The van der Waals surface area contributed by atoms with Crippen LogP contribution in [0.4, 0.5) is 5.82 Å². The Morgan fingerprint density at radius 1 is 1.29 bits per heavy atom. The fourth-order valence-corrected chi connectivity index (χ4v) is 3.28. The van der Waals surface area contributed by atoms with Crippen molar-refractivity contribution < 1.29 is 4.74 Å². The van der Waals surface area contributed by atoms with E-state index < -0.39 is 0 Å². The molecule has 1 aliphatic heterocycles. The van der Waals surface area contributed by atoms with Crippen LogP contribution in [0.2, 0.25) is 0 Å². The Balaban J connectivity index is 0.000000671. The zero-order chi connectivity index (χ0) is 18.1. The van der Waals surface area contributed by atoms with Crippen molar-refractivity contribution in [1.29, 1.82) is 0 Å². The molecule has 0 amide bonds. The molecule has 0 aliphatic carbocycles. The molecule has 0 spiro atoms. The molecule has 1 saturated heterocycles. The molecule has 2 N–H and O–H groups in total. The molecule has 0 aromatic carbocycles. The van der Waals surface area contributed by atoms with Gasteiger partial charge in [-0.2, -0.15) is 12.2 Å². The third-order valence-corrected chi connectivity index (χ3v) is 5.62. The first-order valence-electron chi connectivity index (χ1n) is 8.67. The highest BCUT2D eigenvalue weighted by Gasteiger charge is 2.29. The molecule has 0 radical (unpaired) electrons. The lowest BCUT2D eigenvalue weighted by Gasteiger charge is -2.17. The molecule has 6 nitrogen and oxygen atoms in total. The molecule has 3 heterocycles. The number of nitrogens with two attached hydrogens (primary N) is 1. The molecule has 0 bridgehead atoms. The lowest BCUT2D eigenvalue weighted by atomic mass is 10.1. The van der Waals surface area contributed by atoms with Crippen LogP contribution in [0.25, 0.3) is 11.2 Å². The van der Waals surface area contributed by atoms with Gasteiger partial charge in [-0.15, -0.1) is 0 Å². The second-order valence-electron chi connectivity index (χ2n) is 5.14. The number of nitrogens with zero attached hydrogens (tertiary/aromatic N) is 4. The zero-order valence-corrected chi connectivity index (χ0v) is 17.1. The number of aromatic nitrogens is 4.